The molecule has 0 N–H and O–H groups in total. The molecule has 52 heavy (non-hydrogen) atoms. The molecular weight excluding hydrogens is 655 g/mol. The highest BCUT2D eigenvalue weighted by Crippen LogP contribution is 2.42. The van der Waals surface area contributed by atoms with E-state index in [1.54, 1.807) is 6.08 Å². The van der Waals surface area contributed by atoms with Crippen LogP contribution in [0.25, 0.3) is 87.3 Å². The van der Waals surface area contributed by atoms with E-state index in [1.807, 2.05) is 68.5 Å². The molecule has 0 aliphatic rings. The summed E-state index contributed by atoms with van der Waals surface area (Å²) in [5.41, 5.74) is 6.32. The summed E-state index contributed by atoms with van der Waals surface area (Å²) in [7, 11) is 0. The molecule has 4 heterocycles. The summed E-state index contributed by atoms with van der Waals surface area (Å²) in [4.78, 5) is 15.3. The van der Waals surface area contributed by atoms with Crippen molar-refractivity contribution < 1.29 is 0 Å². The number of benzene rings is 6. The van der Waals surface area contributed by atoms with Crippen LogP contribution in [0.4, 0.5) is 0 Å². The smallest absolute Gasteiger partial charge is 0.238 e. The Labute approximate surface area is 306 Å². The van der Waals surface area contributed by atoms with Gasteiger partial charge in [0.25, 0.3) is 0 Å². The van der Waals surface area contributed by atoms with Gasteiger partial charge in [0.1, 0.15) is 0 Å². The Hall–Kier alpha value is -6.37. The Morgan fingerprint density at radius 2 is 1.10 bits per heavy atom. The van der Waals surface area contributed by atoms with Crippen LogP contribution in [-0.2, 0) is 0 Å². The molecule has 0 aliphatic carbocycles. The van der Waals surface area contributed by atoms with Gasteiger partial charge in [-0.1, -0.05) is 117 Å². The predicted octanol–water partition coefficient (Wildman–Crippen LogP) is 12.8. The Morgan fingerprint density at radius 1 is 0.538 bits per heavy atom. The number of para-hydroxylation sites is 1. The summed E-state index contributed by atoms with van der Waals surface area (Å²) < 4.78 is 7.01. The monoisotopic (exact) mass is 691 g/mol. The van der Waals surface area contributed by atoms with Gasteiger partial charge in [0, 0.05) is 59.3 Å². The van der Waals surface area contributed by atoms with Gasteiger partial charge in [0.15, 0.2) is 11.6 Å². The number of rotatable bonds is 4. The molecule has 0 unspecified atom stereocenters. The maximum Gasteiger partial charge on any atom is 0.238 e. The number of fused-ring (bicyclic) bond motifs is 7. The molecule has 0 atom stereocenters. The van der Waals surface area contributed by atoms with Crippen molar-refractivity contribution in [1.29, 1.82) is 0 Å². The van der Waals surface area contributed by atoms with Gasteiger partial charge < -0.3 is 4.57 Å². The van der Waals surface area contributed by atoms with Crippen LogP contribution in [-0.4, -0.2) is 24.1 Å². The molecule has 0 saturated heterocycles. The van der Waals surface area contributed by atoms with E-state index >= 15 is 0 Å². The zero-order valence-corrected chi connectivity index (χ0v) is 30.2. The fourth-order valence-electron chi connectivity index (χ4n) is 6.79. The quantitative estimate of drug-likeness (QED) is 0.173. The highest BCUT2D eigenvalue weighted by Gasteiger charge is 2.21. The van der Waals surface area contributed by atoms with Crippen molar-refractivity contribution in [3.8, 4) is 34.4 Å². The minimum Gasteiger partial charge on any atom is -0.317 e. The van der Waals surface area contributed by atoms with E-state index in [9.17, 15) is 0 Å². The predicted molar refractivity (Wildman–Crippen MR) is 222 cm³/mol. The third-order valence-corrected chi connectivity index (χ3v) is 10.1. The lowest BCUT2D eigenvalue weighted by Gasteiger charge is -2.11. The van der Waals surface area contributed by atoms with Crippen molar-refractivity contribution in [1.82, 2.24) is 24.1 Å². The van der Waals surface area contributed by atoms with Crippen LogP contribution in [0.15, 0.2) is 164 Å². The maximum absolute atomic E-state index is 5.17. The Kier molecular flexibility index (Phi) is 8.90. The van der Waals surface area contributed by atoms with Crippen molar-refractivity contribution in [2.75, 3.05) is 0 Å². The molecule has 5 nitrogen and oxygen atoms in total. The summed E-state index contributed by atoms with van der Waals surface area (Å²) >= 11 is 1.82. The van der Waals surface area contributed by atoms with Crippen LogP contribution < -0.4 is 0 Å². The lowest BCUT2D eigenvalue weighted by molar-refractivity contribution is 0.954. The zero-order chi connectivity index (χ0) is 35.6. The van der Waals surface area contributed by atoms with Crippen molar-refractivity contribution >= 4 is 64.2 Å². The van der Waals surface area contributed by atoms with E-state index in [2.05, 4.69) is 131 Å². The Morgan fingerprint density at radius 3 is 1.75 bits per heavy atom. The number of hydrogen-bond acceptors (Lipinski definition) is 4. The second kappa shape index (κ2) is 14.1. The van der Waals surface area contributed by atoms with Gasteiger partial charge in [-0.05, 0) is 55.5 Å². The van der Waals surface area contributed by atoms with Crippen LogP contribution in [0.5, 0.6) is 0 Å². The first-order valence-electron chi connectivity index (χ1n) is 17.6. The molecule has 0 bridgehead atoms. The van der Waals surface area contributed by atoms with Gasteiger partial charge in [0.05, 0.1) is 16.6 Å². The average molecular weight is 692 g/mol. The normalized spacial score (nSPS) is 11.1. The topological polar surface area (TPSA) is 48.5 Å². The highest BCUT2D eigenvalue weighted by molar-refractivity contribution is 7.25. The average Bonchev–Trinajstić information content (AvgIpc) is 3.89. The first kappa shape index (κ1) is 32.8. The summed E-state index contributed by atoms with van der Waals surface area (Å²) in [5.74, 6) is 1.88. The largest absolute Gasteiger partial charge is 0.317 e. The summed E-state index contributed by atoms with van der Waals surface area (Å²) in [6.07, 6.45) is 3.90. The van der Waals surface area contributed by atoms with E-state index in [1.165, 1.54) is 25.6 Å². The molecule has 10 rings (SSSR count). The third-order valence-electron chi connectivity index (χ3n) is 9.00. The number of aromatic nitrogens is 5. The molecule has 252 valence electrons. The molecule has 0 radical (unpaired) electrons. The molecular formula is C46H37N5S. The van der Waals surface area contributed by atoms with Gasteiger partial charge in [-0.15, -0.1) is 17.9 Å². The molecule has 4 aromatic heterocycles. The molecule has 0 spiro atoms. The standard InChI is InChI=1S/C41H25N5S.C3H6.C2H6/c1-4-12-26(13-5-1)39-42-40(27-14-6-2-7-15-27)44-41(43-39)46-35-22-28-20-21-45(29-16-8-3-9-17-29)34(28)24-32(35)31-23-33-30-18-10-11-19-37(30)47-38(33)25-36(31)46;1-3-2;1-2/h1-25H;3H,1H2,2H3;1-2H3. The van der Waals surface area contributed by atoms with E-state index in [4.69, 9.17) is 15.0 Å². The minimum absolute atomic E-state index is 0.597. The second-order valence-electron chi connectivity index (χ2n) is 12.2. The summed E-state index contributed by atoms with van der Waals surface area (Å²) in [6.45, 7) is 9.25. The van der Waals surface area contributed by atoms with Crippen LogP contribution in [0.1, 0.15) is 20.8 Å². The van der Waals surface area contributed by atoms with E-state index in [0.717, 1.165) is 44.1 Å². The molecule has 6 heteroatoms. The van der Waals surface area contributed by atoms with E-state index < -0.39 is 0 Å². The zero-order valence-electron chi connectivity index (χ0n) is 29.4. The van der Waals surface area contributed by atoms with Gasteiger partial charge in [-0.3, -0.25) is 4.57 Å². The fraction of sp³-hybridized carbons (Fsp3) is 0.0652. The van der Waals surface area contributed by atoms with Crippen LogP contribution in [0.3, 0.4) is 0 Å². The van der Waals surface area contributed by atoms with Crippen molar-refractivity contribution in [2.45, 2.75) is 20.8 Å². The highest BCUT2D eigenvalue weighted by atomic mass is 32.1. The number of nitrogens with zero attached hydrogens (tertiary/aromatic N) is 5. The van der Waals surface area contributed by atoms with E-state index in [-0.39, 0.29) is 0 Å². The molecule has 0 saturated carbocycles. The van der Waals surface area contributed by atoms with Gasteiger partial charge in [0.2, 0.25) is 5.95 Å². The number of thiophene rings is 1. The first-order chi connectivity index (χ1) is 25.7. The first-order valence-corrected chi connectivity index (χ1v) is 18.4. The van der Waals surface area contributed by atoms with Crippen LogP contribution in [0.2, 0.25) is 0 Å². The van der Waals surface area contributed by atoms with Gasteiger partial charge in [-0.2, -0.15) is 9.97 Å². The summed E-state index contributed by atoms with van der Waals surface area (Å²) in [5, 5.41) is 6.02. The van der Waals surface area contributed by atoms with Gasteiger partial charge >= 0.3 is 0 Å². The molecule has 10 aromatic rings. The van der Waals surface area contributed by atoms with Crippen molar-refractivity contribution in [2.24, 2.45) is 0 Å². The van der Waals surface area contributed by atoms with Crippen molar-refractivity contribution in [3.63, 3.8) is 0 Å². The lowest BCUT2D eigenvalue weighted by atomic mass is 10.1. The number of hydrogen-bond donors (Lipinski definition) is 0. The third kappa shape index (κ3) is 5.73. The maximum atomic E-state index is 5.17. The Bertz CT molecular complexity index is 2770. The Balaban J connectivity index is 0.000000738. The SMILES string of the molecule is C=CC.CC.c1ccc(-c2nc(-c3ccccc3)nc(-n3c4cc5ccn(-c6ccccc6)c5cc4c4cc5c(cc43)sc3ccccc35)n2)cc1. The molecule has 0 fully saturated rings. The summed E-state index contributed by atoms with van der Waals surface area (Å²) in [6, 6.07) is 51.0. The minimum atomic E-state index is 0.597. The van der Waals surface area contributed by atoms with Gasteiger partial charge in [-0.25, -0.2) is 4.98 Å². The molecule has 0 aliphatic heterocycles. The molecule has 0 amide bonds. The second-order valence-corrected chi connectivity index (χ2v) is 13.3. The van der Waals surface area contributed by atoms with E-state index in [0.29, 0.717) is 17.6 Å². The fourth-order valence-corrected chi connectivity index (χ4v) is 7.91. The van der Waals surface area contributed by atoms with Crippen LogP contribution in [0, 0.1) is 0 Å². The molecule has 6 aromatic carbocycles. The lowest BCUT2D eigenvalue weighted by Crippen LogP contribution is -2.06. The number of allylic oxidation sites excluding steroid dienone is 1. The van der Waals surface area contributed by atoms with Crippen molar-refractivity contribution in [3.05, 3.63) is 164 Å². The van der Waals surface area contributed by atoms with Crippen LogP contribution >= 0.6 is 11.3 Å².